The van der Waals surface area contributed by atoms with E-state index in [2.05, 4.69) is 22.9 Å². The first-order valence-corrected chi connectivity index (χ1v) is 10.9. The summed E-state index contributed by atoms with van der Waals surface area (Å²) in [5, 5.41) is 4.18. The highest BCUT2D eigenvalue weighted by Crippen LogP contribution is 2.43. The number of fused-ring (bicyclic) bond motifs is 2. The first-order chi connectivity index (χ1) is 13.8. The van der Waals surface area contributed by atoms with Crippen molar-refractivity contribution in [3.8, 4) is 17.2 Å². The minimum Gasteiger partial charge on any atom is -0.493 e. The molecule has 2 aliphatic heterocycles. The number of hydrogen-bond donors (Lipinski definition) is 0. The van der Waals surface area contributed by atoms with Crippen molar-refractivity contribution in [2.75, 3.05) is 26.9 Å². The minimum atomic E-state index is -0.0540. The lowest BCUT2D eigenvalue weighted by molar-refractivity contribution is 0.0697. The highest BCUT2D eigenvalue weighted by atomic mass is 32.1. The zero-order valence-electron chi connectivity index (χ0n) is 15.3. The van der Waals surface area contributed by atoms with Crippen LogP contribution in [0, 0.1) is 0 Å². The van der Waals surface area contributed by atoms with E-state index in [1.165, 1.54) is 15.3 Å². The molecule has 4 heterocycles. The summed E-state index contributed by atoms with van der Waals surface area (Å²) in [6.45, 7) is 1.63. The van der Waals surface area contributed by atoms with Gasteiger partial charge in [-0.05, 0) is 47.0 Å². The van der Waals surface area contributed by atoms with Crippen molar-refractivity contribution in [3.05, 3.63) is 62.0 Å². The van der Waals surface area contributed by atoms with Gasteiger partial charge < -0.3 is 19.1 Å². The quantitative estimate of drug-likeness (QED) is 0.639. The van der Waals surface area contributed by atoms with Crippen LogP contribution in [0.5, 0.6) is 17.2 Å². The summed E-state index contributed by atoms with van der Waals surface area (Å²) in [4.78, 5) is 18.1. The molecule has 1 atom stereocenters. The lowest BCUT2D eigenvalue weighted by atomic mass is 9.97. The number of methoxy groups -OCH3 is 1. The Kier molecular flexibility index (Phi) is 4.49. The van der Waals surface area contributed by atoms with Gasteiger partial charge in [-0.25, -0.2) is 0 Å². The van der Waals surface area contributed by atoms with Crippen LogP contribution in [-0.2, 0) is 6.42 Å². The van der Waals surface area contributed by atoms with Gasteiger partial charge in [0.05, 0.1) is 13.2 Å². The van der Waals surface area contributed by atoms with Crippen molar-refractivity contribution in [1.82, 2.24) is 4.90 Å². The fraction of sp³-hybridized carbons (Fsp3) is 0.286. The summed E-state index contributed by atoms with van der Waals surface area (Å²) in [5.41, 5.74) is 1.79. The predicted molar refractivity (Wildman–Crippen MR) is 109 cm³/mol. The van der Waals surface area contributed by atoms with Crippen LogP contribution in [0.1, 0.15) is 31.7 Å². The molecule has 2 aromatic heterocycles. The molecule has 0 bridgehead atoms. The Morgan fingerprint density at radius 2 is 2.07 bits per heavy atom. The normalized spacial score (nSPS) is 17.9. The summed E-state index contributed by atoms with van der Waals surface area (Å²) in [6.07, 6.45) is 0.877. The van der Waals surface area contributed by atoms with Crippen LogP contribution in [0.4, 0.5) is 0 Å². The lowest BCUT2D eigenvalue weighted by Gasteiger charge is -2.35. The molecule has 0 N–H and O–H groups in total. The third-order valence-electron chi connectivity index (χ3n) is 5.11. The predicted octanol–water partition coefficient (Wildman–Crippen LogP) is 4.38. The van der Waals surface area contributed by atoms with Crippen LogP contribution < -0.4 is 14.2 Å². The Bertz CT molecular complexity index is 994. The largest absolute Gasteiger partial charge is 0.493 e. The fourth-order valence-electron chi connectivity index (χ4n) is 3.85. The average Bonchev–Trinajstić information content (AvgIpc) is 3.43. The van der Waals surface area contributed by atoms with Crippen LogP contribution in [-0.4, -0.2) is 37.7 Å². The summed E-state index contributed by atoms with van der Waals surface area (Å²) in [5.74, 6) is 1.64. The standard InChI is InChI=1S/C21H19NO4S2/c1-24-15-11-13(12-16-20(15)26-8-7-25-16)21(23)22-6-4-17-14(5-10-28-17)19(22)18-3-2-9-27-18/h2-3,5,9-12,19H,4,6-8H2,1H3/t19-/m1/s1. The van der Waals surface area contributed by atoms with Gasteiger partial charge in [-0.3, -0.25) is 4.79 Å². The van der Waals surface area contributed by atoms with Crippen molar-refractivity contribution >= 4 is 28.6 Å². The minimum absolute atomic E-state index is 0.0227. The van der Waals surface area contributed by atoms with Crippen molar-refractivity contribution in [2.24, 2.45) is 0 Å². The molecule has 0 spiro atoms. The second kappa shape index (κ2) is 7.14. The molecule has 0 saturated carbocycles. The Hall–Kier alpha value is -2.51. The maximum absolute atomic E-state index is 13.6. The molecule has 1 aromatic carbocycles. The van der Waals surface area contributed by atoms with Gasteiger partial charge in [0.25, 0.3) is 5.91 Å². The smallest absolute Gasteiger partial charge is 0.254 e. The number of carbonyl (C=O) groups is 1. The van der Waals surface area contributed by atoms with Gasteiger partial charge in [-0.1, -0.05) is 6.07 Å². The number of carbonyl (C=O) groups excluding carboxylic acids is 1. The molecule has 28 heavy (non-hydrogen) atoms. The average molecular weight is 414 g/mol. The number of ether oxygens (including phenoxy) is 3. The van der Waals surface area contributed by atoms with Crippen LogP contribution in [0.25, 0.3) is 0 Å². The molecule has 3 aromatic rings. The highest BCUT2D eigenvalue weighted by molar-refractivity contribution is 7.10. The third-order valence-corrected chi connectivity index (χ3v) is 7.04. The maximum atomic E-state index is 13.6. The Morgan fingerprint density at radius 1 is 1.18 bits per heavy atom. The second-order valence-electron chi connectivity index (χ2n) is 6.67. The number of benzene rings is 1. The van der Waals surface area contributed by atoms with E-state index in [0.717, 1.165) is 6.42 Å². The van der Waals surface area contributed by atoms with E-state index < -0.39 is 0 Å². The molecule has 0 aliphatic carbocycles. The highest BCUT2D eigenvalue weighted by Gasteiger charge is 2.34. The van der Waals surface area contributed by atoms with Gasteiger partial charge in [-0.15, -0.1) is 22.7 Å². The topological polar surface area (TPSA) is 48.0 Å². The number of rotatable bonds is 3. The Labute approximate surface area is 171 Å². The molecular weight excluding hydrogens is 394 g/mol. The summed E-state index contributed by atoms with van der Waals surface area (Å²) >= 11 is 3.46. The van der Waals surface area contributed by atoms with Crippen LogP contribution in [0.3, 0.4) is 0 Å². The maximum Gasteiger partial charge on any atom is 0.254 e. The zero-order chi connectivity index (χ0) is 19.1. The van der Waals surface area contributed by atoms with Crippen LogP contribution in [0.15, 0.2) is 41.1 Å². The molecule has 144 valence electrons. The summed E-state index contributed by atoms with van der Waals surface area (Å²) < 4.78 is 16.8. The van der Waals surface area contributed by atoms with Crippen molar-refractivity contribution in [1.29, 1.82) is 0 Å². The lowest BCUT2D eigenvalue weighted by Crippen LogP contribution is -2.39. The molecule has 0 fully saturated rings. The molecule has 0 saturated heterocycles. The molecule has 0 radical (unpaired) electrons. The van der Waals surface area contributed by atoms with Gasteiger partial charge in [0.15, 0.2) is 11.5 Å². The van der Waals surface area contributed by atoms with Crippen LogP contribution >= 0.6 is 22.7 Å². The number of hydrogen-bond acceptors (Lipinski definition) is 6. The van der Waals surface area contributed by atoms with E-state index in [0.29, 0.717) is 42.6 Å². The third kappa shape index (κ3) is 2.86. The van der Waals surface area contributed by atoms with E-state index in [4.69, 9.17) is 14.2 Å². The molecule has 7 heteroatoms. The Morgan fingerprint density at radius 3 is 2.89 bits per heavy atom. The molecule has 1 amide bonds. The SMILES string of the molecule is COc1cc(C(=O)N2CCc3sccc3[C@@H]2c2cccs2)cc2c1OCCO2. The number of thiophene rings is 2. The molecule has 5 nitrogen and oxygen atoms in total. The number of nitrogens with zero attached hydrogens (tertiary/aromatic N) is 1. The molecule has 2 aliphatic rings. The zero-order valence-corrected chi connectivity index (χ0v) is 17.0. The van der Waals surface area contributed by atoms with E-state index in [1.54, 1.807) is 41.9 Å². The van der Waals surface area contributed by atoms with Crippen molar-refractivity contribution < 1.29 is 19.0 Å². The van der Waals surface area contributed by atoms with Crippen LogP contribution in [0.2, 0.25) is 0 Å². The van der Waals surface area contributed by atoms with E-state index >= 15 is 0 Å². The fourth-order valence-corrected chi connectivity index (χ4v) is 5.61. The van der Waals surface area contributed by atoms with Gasteiger partial charge >= 0.3 is 0 Å². The first kappa shape index (κ1) is 17.6. The summed E-state index contributed by atoms with van der Waals surface area (Å²) in [6, 6.07) is 9.76. The monoisotopic (exact) mass is 413 g/mol. The first-order valence-electron chi connectivity index (χ1n) is 9.14. The molecule has 5 rings (SSSR count). The Balaban J connectivity index is 1.56. The van der Waals surface area contributed by atoms with Gasteiger partial charge in [0.1, 0.15) is 13.2 Å². The van der Waals surface area contributed by atoms with Crippen molar-refractivity contribution in [3.63, 3.8) is 0 Å². The molecule has 0 unspecified atom stereocenters. The number of amides is 1. The van der Waals surface area contributed by atoms with E-state index in [9.17, 15) is 4.79 Å². The van der Waals surface area contributed by atoms with Crippen molar-refractivity contribution in [2.45, 2.75) is 12.5 Å². The van der Waals surface area contributed by atoms with E-state index in [1.807, 2.05) is 11.0 Å². The van der Waals surface area contributed by atoms with Gasteiger partial charge in [-0.2, -0.15) is 0 Å². The van der Waals surface area contributed by atoms with Gasteiger partial charge in [0.2, 0.25) is 5.75 Å². The second-order valence-corrected chi connectivity index (χ2v) is 8.65. The summed E-state index contributed by atoms with van der Waals surface area (Å²) in [7, 11) is 1.58. The van der Waals surface area contributed by atoms with Gasteiger partial charge in [0, 0.05) is 21.9 Å². The van der Waals surface area contributed by atoms with E-state index in [-0.39, 0.29) is 11.9 Å². The molecular formula is C21H19NO4S2.